The third kappa shape index (κ3) is 3.13. The highest BCUT2D eigenvalue weighted by atomic mass is 32.2. The maximum absolute atomic E-state index is 9.26. The lowest BCUT2D eigenvalue weighted by Gasteiger charge is -2.09. The largest absolute Gasteiger partial charge is 0.394 e. The fourth-order valence-corrected chi connectivity index (χ4v) is 2.59. The van der Waals surface area contributed by atoms with Crippen LogP contribution in [-0.2, 0) is 5.75 Å². The number of benzene rings is 1. The number of aliphatic hydroxyl groups excluding tert-OH is 2. The van der Waals surface area contributed by atoms with Gasteiger partial charge in [-0.05, 0) is 12.1 Å². The average molecular weight is 264 g/mol. The zero-order valence-electron chi connectivity index (χ0n) is 9.91. The van der Waals surface area contributed by atoms with Gasteiger partial charge in [0.1, 0.15) is 5.82 Å². The van der Waals surface area contributed by atoms with Crippen LogP contribution in [0, 0.1) is 0 Å². The number of hydrogen-bond acceptors (Lipinski definition) is 5. The van der Waals surface area contributed by atoms with Crippen molar-refractivity contribution in [2.75, 3.05) is 18.1 Å². The monoisotopic (exact) mass is 264 g/mol. The zero-order chi connectivity index (χ0) is 13.0. The van der Waals surface area contributed by atoms with E-state index in [0.29, 0.717) is 17.3 Å². The Morgan fingerprint density at radius 1 is 1.33 bits per heavy atom. The highest BCUT2D eigenvalue weighted by Gasteiger charge is 2.06. The second-order valence-corrected chi connectivity index (χ2v) is 5.11. The molecule has 0 saturated carbocycles. The number of aromatic nitrogens is 1. The van der Waals surface area contributed by atoms with Gasteiger partial charge in [-0.3, -0.25) is 0 Å². The molecule has 1 aromatic heterocycles. The lowest BCUT2D eigenvalue weighted by atomic mass is 10.1. The average Bonchev–Trinajstić information content (AvgIpc) is 2.39. The van der Waals surface area contributed by atoms with Gasteiger partial charge in [0.05, 0.1) is 18.2 Å². The van der Waals surface area contributed by atoms with Gasteiger partial charge in [-0.15, -0.1) is 0 Å². The number of pyridine rings is 1. The smallest absolute Gasteiger partial charge is 0.128 e. The summed E-state index contributed by atoms with van der Waals surface area (Å²) in [5, 5.41) is 19.0. The molecule has 96 valence electrons. The van der Waals surface area contributed by atoms with E-state index in [4.69, 9.17) is 10.8 Å². The van der Waals surface area contributed by atoms with Crippen LogP contribution in [0.3, 0.4) is 0 Å². The molecule has 0 fully saturated rings. The number of rotatable bonds is 5. The van der Waals surface area contributed by atoms with Crippen LogP contribution in [0.15, 0.2) is 30.3 Å². The number of thioether (sulfide) groups is 1. The van der Waals surface area contributed by atoms with Crippen LogP contribution in [0.1, 0.15) is 5.56 Å². The minimum atomic E-state index is -0.676. The van der Waals surface area contributed by atoms with Gasteiger partial charge in [0.25, 0.3) is 0 Å². The molecule has 18 heavy (non-hydrogen) atoms. The Morgan fingerprint density at radius 3 is 2.89 bits per heavy atom. The quantitative estimate of drug-likeness (QED) is 0.761. The summed E-state index contributed by atoms with van der Waals surface area (Å²) >= 11 is 1.53. The van der Waals surface area contributed by atoms with Crippen molar-refractivity contribution < 1.29 is 10.2 Å². The molecular weight excluding hydrogens is 248 g/mol. The van der Waals surface area contributed by atoms with Crippen LogP contribution in [0.25, 0.3) is 10.9 Å². The van der Waals surface area contributed by atoms with Crippen molar-refractivity contribution in [3.63, 3.8) is 0 Å². The molecule has 2 aromatic rings. The van der Waals surface area contributed by atoms with Crippen molar-refractivity contribution >= 4 is 28.5 Å². The number of nitrogens with two attached hydrogens (primary N) is 1. The SMILES string of the molecule is Nc1nc2ccccc2cc1CSCC(O)CO. The molecule has 0 aliphatic carbocycles. The molecular formula is C13H16N2O2S. The number of para-hydroxylation sites is 1. The van der Waals surface area contributed by atoms with Gasteiger partial charge in [0.15, 0.2) is 0 Å². The van der Waals surface area contributed by atoms with E-state index < -0.39 is 6.10 Å². The van der Waals surface area contributed by atoms with E-state index in [2.05, 4.69) is 4.98 Å². The zero-order valence-corrected chi connectivity index (χ0v) is 10.7. The summed E-state index contributed by atoms with van der Waals surface area (Å²) in [5.74, 6) is 1.70. The third-order valence-corrected chi connectivity index (χ3v) is 3.75. The first-order valence-corrected chi connectivity index (χ1v) is 6.87. The van der Waals surface area contributed by atoms with E-state index in [1.807, 2.05) is 30.3 Å². The molecule has 0 bridgehead atoms. The van der Waals surface area contributed by atoms with Crippen molar-refractivity contribution in [3.8, 4) is 0 Å². The summed E-state index contributed by atoms with van der Waals surface area (Å²) in [6.07, 6.45) is -0.676. The predicted molar refractivity (Wildman–Crippen MR) is 75.4 cm³/mol. The second-order valence-electron chi connectivity index (χ2n) is 4.08. The summed E-state index contributed by atoms with van der Waals surface area (Å²) in [4.78, 5) is 4.35. The summed E-state index contributed by atoms with van der Waals surface area (Å²) < 4.78 is 0. The molecule has 1 heterocycles. The molecule has 0 aliphatic rings. The first kappa shape index (κ1) is 13.1. The van der Waals surface area contributed by atoms with Crippen molar-refractivity contribution in [2.24, 2.45) is 0 Å². The molecule has 5 heteroatoms. The first-order valence-electron chi connectivity index (χ1n) is 5.71. The minimum absolute atomic E-state index is 0.210. The van der Waals surface area contributed by atoms with Crippen molar-refractivity contribution in [2.45, 2.75) is 11.9 Å². The van der Waals surface area contributed by atoms with Gasteiger partial charge in [-0.25, -0.2) is 4.98 Å². The Morgan fingerprint density at radius 2 is 2.11 bits per heavy atom. The topological polar surface area (TPSA) is 79.4 Å². The number of nitrogens with zero attached hydrogens (tertiary/aromatic N) is 1. The van der Waals surface area contributed by atoms with Gasteiger partial charge >= 0.3 is 0 Å². The van der Waals surface area contributed by atoms with E-state index in [9.17, 15) is 5.11 Å². The Balaban J connectivity index is 2.10. The molecule has 4 N–H and O–H groups in total. The van der Waals surface area contributed by atoms with E-state index in [1.54, 1.807) is 0 Å². The van der Waals surface area contributed by atoms with Gasteiger partial charge in [-0.1, -0.05) is 18.2 Å². The first-order chi connectivity index (χ1) is 8.70. The Kier molecular flexibility index (Phi) is 4.41. The highest BCUT2D eigenvalue weighted by molar-refractivity contribution is 7.98. The molecule has 0 spiro atoms. The molecule has 0 amide bonds. The lowest BCUT2D eigenvalue weighted by molar-refractivity contribution is 0.113. The van der Waals surface area contributed by atoms with E-state index >= 15 is 0 Å². The lowest BCUT2D eigenvalue weighted by Crippen LogP contribution is -2.14. The fourth-order valence-electron chi connectivity index (χ4n) is 1.65. The van der Waals surface area contributed by atoms with Crippen LogP contribution in [0.5, 0.6) is 0 Å². The van der Waals surface area contributed by atoms with Crippen molar-refractivity contribution in [1.82, 2.24) is 4.98 Å². The van der Waals surface area contributed by atoms with E-state index in [1.165, 1.54) is 11.8 Å². The molecule has 2 rings (SSSR count). The Bertz CT molecular complexity index is 533. The molecule has 1 unspecified atom stereocenters. The summed E-state index contributed by atoms with van der Waals surface area (Å²) in [6, 6.07) is 9.85. The van der Waals surface area contributed by atoms with Crippen molar-refractivity contribution in [3.05, 3.63) is 35.9 Å². The standard InChI is InChI=1S/C13H16N2O2S/c14-13-10(7-18-8-11(17)6-16)5-9-3-1-2-4-12(9)15-13/h1-5,11,16-17H,6-8H2,(H2,14,15). The number of anilines is 1. The normalized spacial score (nSPS) is 12.8. The van der Waals surface area contributed by atoms with Crippen LogP contribution in [0.2, 0.25) is 0 Å². The molecule has 0 saturated heterocycles. The molecule has 1 aromatic carbocycles. The summed E-state index contributed by atoms with van der Waals surface area (Å²) in [6.45, 7) is -0.210. The molecule has 0 radical (unpaired) electrons. The molecule has 1 atom stereocenters. The Hall–Kier alpha value is -1.30. The molecule has 4 nitrogen and oxygen atoms in total. The highest BCUT2D eigenvalue weighted by Crippen LogP contribution is 2.22. The third-order valence-electron chi connectivity index (χ3n) is 2.61. The van der Waals surface area contributed by atoms with Crippen LogP contribution in [-0.4, -0.2) is 33.7 Å². The van der Waals surface area contributed by atoms with Crippen LogP contribution in [0.4, 0.5) is 5.82 Å². The predicted octanol–water partition coefficient (Wildman–Crippen LogP) is 1.40. The van der Waals surface area contributed by atoms with Gasteiger partial charge in [-0.2, -0.15) is 11.8 Å². The maximum atomic E-state index is 9.26. The van der Waals surface area contributed by atoms with E-state index in [-0.39, 0.29) is 6.61 Å². The summed E-state index contributed by atoms with van der Waals surface area (Å²) in [5.41, 5.74) is 7.75. The Labute approximate surface area is 110 Å². The summed E-state index contributed by atoms with van der Waals surface area (Å²) in [7, 11) is 0. The van der Waals surface area contributed by atoms with Crippen molar-refractivity contribution in [1.29, 1.82) is 0 Å². The van der Waals surface area contributed by atoms with Gasteiger partial charge in [0.2, 0.25) is 0 Å². The van der Waals surface area contributed by atoms with Gasteiger partial charge in [0, 0.05) is 22.5 Å². The number of aliphatic hydroxyl groups is 2. The minimum Gasteiger partial charge on any atom is -0.394 e. The number of fused-ring (bicyclic) bond motifs is 1. The number of nitrogen functional groups attached to an aromatic ring is 1. The molecule has 0 aliphatic heterocycles. The second kappa shape index (κ2) is 6.04. The van der Waals surface area contributed by atoms with Crippen LogP contribution >= 0.6 is 11.8 Å². The fraction of sp³-hybridized carbons (Fsp3) is 0.308. The van der Waals surface area contributed by atoms with Gasteiger partial charge < -0.3 is 15.9 Å². The number of hydrogen-bond donors (Lipinski definition) is 3. The maximum Gasteiger partial charge on any atom is 0.128 e. The van der Waals surface area contributed by atoms with E-state index in [0.717, 1.165) is 16.5 Å². The van der Waals surface area contributed by atoms with Crippen LogP contribution < -0.4 is 5.73 Å².